The number of benzene rings is 2. The van der Waals surface area contributed by atoms with Gasteiger partial charge in [0.2, 0.25) is 0 Å². The number of carbonyl (C=O) groups is 1. The first-order valence-corrected chi connectivity index (χ1v) is 7.63. The van der Waals surface area contributed by atoms with Gasteiger partial charge in [-0.15, -0.1) is 0 Å². The highest BCUT2D eigenvalue weighted by molar-refractivity contribution is 9.10. The van der Waals surface area contributed by atoms with Gasteiger partial charge in [0.15, 0.2) is 6.10 Å². The van der Waals surface area contributed by atoms with Crippen LogP contribution >= 0.6 is 15.9 Å². The van der Waals surface area contributed by atoms with Crippen LogP contribution in [0.1, 0.15) is 25.5 Å². The van der Waals surface area contributed by atoms with Crippen LogP contribution in [0.3, 0.4) is 0 Å². The first-order chi connectivity index (χ1) is 10.1. The van der Waals surface area contributed by atoms with E-state index < -0.39 is 6.10 Å². The van der Waals surface area contributed by atoms with Gasteiger partial charge in [0.05, 0.1) is 6.04 Å². The zero-order chi connectivity index (χ0) is 15.2. The first kappa shape index (κ1) is 15.6. The lowest BCUT2D eigenvalue weighted by molar-refractivity contribution is -0.127. The largest absolute Gasteiger partial charge is 0.481 e. The number of rotatable bonds is 5. The topological polar surface area (TPSA) is 38.3 Å². The second-order valence-corrected chi connectivity index (χ2v) is 5.77. The van der Waals surface area contributed by atoms with E-state index in [0.717, 1.165) is 10.0 Å². The van der Waals surface area contributed by atoms with Crippen LogP contribution < -0.4 is 10.1 Å². The number of nitrogens with one attached hydrogen (secondary N) is 1. The van der Waals surface area contributed by atoms with E-state index in [9.17, 15) is 4.79 Å². The highest BCUT2D eigenvalue weighted by Gasteiger charge is 2.17. The quantitative estimate of drug-likeness (QED) is 0.884. The highest BCUT2D eigenvalue weighted by atomic mass is 79.9. The van der Waals surface area contributed by atoms with E-state index in [4.69, 9.17) is 4.74 Å². The normalized spacial score (nSPS) is 13.3. The molecule has 2 atom stereocenters. The molecule has 1 N–H and O–H groups in total. The van der Waals surface area contributed by atoms with E-state index in [-0.39, 0.29) is 11.9 Å². The Morgan fingerprint density at radius 1 is 1.05 bits per heavy atom. The Morgan fingerprint density at radius 2 is 1.67 bits per heavy atom. The summed E-state index contributed by atoms with van der Waals surface area (Å²) >= 11 is 3.36. The SMILES string of the molecule is C[C@H](NC(=O)[C@@H](C)Oc1ccc(Br)cc1)c1ccccc1. The van der Waals surface area contributed by atoms with Crippen LogP contribution in [0.15, 0.2) is 59.1 Å². The molecule has 0 fully saturated rings. The minimum Gasteiger partial charge on any atom is -0.481 e. The van der Waals surface area contributed by atoms with Gasteiger partial charge < -0.3 is 10.1 Å². The van der Waals surface area contributed by atoms with Gasteiger partial charge in [0.1, 0.15) is 5.75 Å². The Morgan fingerprint density at radius 3 is 2.29 bits per heavy atom. The molecule has 0 aliphatic heterocycles. The van der Waals surface area contributed by atoms with Crippen molar-refractivity contribution in [2.45, 2.75) is 26.0 Å². The number of amides is 1. The van der Waals surface area contributed by atoms with E-state index >= 15 is 0 Å². The molecule has 1 amide bonds. The van der Waals surface area contributed by atoms with Crippen LogP contribution in [0.5, 0.6) is 5.75 Å². The lowest BCUT2D eigenvalue weighted by atomic mass is 10.1. The maximum absolute atomic E-state index is 12.2. The van der Waals surface area contributed by atoms with Crippen LogP contribution in [0.4, 0.5) is 0 Å². The van der Waals surface area contributed by atoms with Crippen molar-refractivity contribution in [2.75, 3.05) is 0 Å². The molecular weight excluding hydrogens is 330 g/mol. The van der Waals surface area contributed by atoms with Gasteiger partial charge in [-0.25, -0.2) is 0 Å². The van der Waals surface area contributed by atoms with Gasteiger partial charge >= 0.3 is 0 Å². The Kier molecular flexibility index (Phi) is 5.39. The molecule has 21 heavy (non-hydrogen) atoms. The van der Waals surface area contributed by atoms with E-state index in [1.54, 1.807) is 6.92 Å². The summed E-state index contributed by atoms with van der Waals surface area (Å²) in [6.07, 6.45) is -0.544. The molecule has 0 radical (unpaired) electrons. The average Bonchev–Trinajstić information content (AvgIpc) is 2.50. The third-order valence-corrected chi connectivity index (χ3v) is 3.68. The summed E-state index contributed by atoms with van der Waals surface area (Å²) < 4.78 is 6.61. The number of carbonyl (C=O) groups excluding carboxylic acids is 1. The summed E-state index contributed by atoms with van der Waals surface area (Å²) in [7, 11) is 0. The molecule has 4 heteroatoms. The molecule has 0 aliphatic rings. The number of halogens is 1. The fraction of sp³-hybridized carbons (Fsp3) is 0.235. The number of ether oxygens (including phenoxy) is 1. The van der Waals surface area contributed by atoms with Crippen molar-refractivity contribution in [1.29, 1.82) is 0 Å². The number of hydrogen-bond acceptors (Lipinski definition) is 2. The molecular formula is C17H18BrNO2. The Balaban J connectivity index is 1.92. The van der Waals surface area contributed by atoms with Crippen molar-refractivity contribution in [2.24, 2.45) is 0 Å². The second-order valence-electron chi connectivity index (χ2n) is 4.85. The van der Waals surface area contributed by atoms with E-state index in [1.165, 1.54) is 0 Å². The van der Waals surface area contributed by atoms with Crippen molar-refractivity contribution in [3.05, 3.63) is 64.6 Å². The van der Waals surface area contributed by atoms with Gasteiger partial charge in [0, 0.05) is 4.47 Å². The van der Waals surface area contributed by atoms with E-state index in [1.807, 2.05) is 61.5 Å². The highest BCUT2D eigenvalue weighted by Crippen LogP contribution is 2.18. The molecule has 0 bridgehead atoms. The summed E-state index contributed by atoms with van der Waals surface area (Å²) in [5, 5.41) is 2.95. The standard InChI is InChI=1S/C17H18BrNO2/c1-12(14-6-4-3-5-7-14)19-17(20)13(2)21-16-10-8-15(18)9-11-16/h3-13H,1-2H3,(H,19,20)/t12-,13+/m0/s1. The van der Waals surface area contributed by atoms with Crippen molar-refractivity contribution >= 4 is 21.8 Å². The van der Waals surface area contributed by atoms with Gasteiger partial charge in [-0.05, 0) is 43.7 Å². The molecule has 2 aromatic rings. The lowest BCUT2D eigenvalue weighted by Gasteiger charge is -2.19. The molecule has 2 aromatic carbocycles. The van der Waals surface area contributed by atoms with Crippen molar-refractivity contribution in [1.82, 2.24) is 5.32 Å². The molecule has 3 nitrogen and oxygen atoms in total. The molecule has 0 aliphatic carbocycles. The Hall–Kier alpha value is -1.81. The van der Waals surface area contributed by atoms with E-state index in [0.29, 0.717) is 5.75 Å². The Bertz CT molecular complexity index is 583. The predicted molar refractivity (Wildman–Crippen MR) is 87.2 cm³/mol. The molecule has 0 aromatic heterocycles. The van der Waals surface area contributed by atoms with Crippen LogP contribution in [-0.4, -0.2) is 12.0 Å². The third kappa shape index (κ3) is 4.60. The van der Waals surface area contributed by atoms with Gasteiger partial charge in [-0.3, -0.25) is 4.79 Å². The predicted octanol–water partition coefficient (Wildman–Crippen LogP) is 4.09. The summed E-state index contributed by atoms with van der Waals surface area (Å²) in [5.74, 6) is 0.544. The van der Waals surface area contributed by atoms with Crippen molar-refractivity contribution in [3.63, 3.8) is 0 Å². The zero-order valence-electron chi connectivity index (χ0n) is 12.0. The maximum atomic E-state index is 12.2. The smallest absolute Gasteiger partial charge is 0.261 e. The van der Waals surface area contributed by atoms with Gasteiger partial charge in [-0.1, -0.05) is 46.3 Å². The zero-order valence-corrected chi connectivity index (χ0v) is 13.6. The first-order valence-electron chi connectivity index (χ1n) is 6.84. The minimum absolute atomic E-state index is 0.0466. The van der Waals surface area contributed by atoms with E-state index in [2.05, 4.69) is 21.2 Å². The summed E-state index contributed by atoms with van der Waals surface area (Å²) in [6.45, 7) is 3.70. The molecule has 0 unspecified atom stereocenters. The van der Waals surface area contributed by atoms with Crippen molar-refractivity contribution in [3.8, 4) is 5.75 Å². The molecule has 0 saturated carbocycles. The molecule has 0 saturated heterocycles. The van der Waals surface area contributed by atoms with Gasteiger partial charge in [0.25, 0.3) is 5.91 Å². The van der Waals surface area contributed by atoms with Crippen LogP contribution in [0, 0.1) is 0 Å². The lowest BCUT2D eigenvalue weighted by Crippen LogP contribution is -2.37. The fourth-order valence-corrected chi connectivity index (χ4v) is 2.19. The fourth-order valence-electron chi connectivity index (χ4n) is 1.93. The second kappa shape index (κ2) is 7.27. The molecule has 110 valence electrons. The monoisotopic (exact) mass is 347 g/mol. The molecule has 0 spiro atoms. The third-order valence-electron chi connectivity index (χ3n) is 3.15. The maximum Gasteiger partial charge on any atom is 0.261 e. The van der Waals surface area contributed by atoms with Crippen LogP contribution in [0.25, 0.3) is 0 Å². The Labute approximate surface area is 133 Å². The summed E-state index contributed by atoms with van der Waals surface area (Å²) in [6, 6.07) is 17.2. The number of hydrogen-bond donors (Lipinski definition) is 1. The van der Waals surface area contributed by atoms with Crippen LogP contribution in [0.2, 0.25) is 0 Å². The minimum atomic E-state index is -0.544. The molecule has 2 rings (SSSR count). The summed E-state index contributed by atoms with van der Waals surface area (Å²) in [4.78, 5) is 12.2. The molecule has 0 heterocycles. The van der Waals surface area contributed by atoms with Crippen molar-refractivity contribution < 1.29 is 9.53 Å². The van der Waals surface area contributed by atoms with Gasteiger partial charge in [-0.2, -0.15) is 0 Å². The average molecular weight is 348 g/mol. The van der Waals surface area contributed by atoms with Crippen LogP contribution in [-0.2, 0) is 4.79 Å². The summed E-state index contributed by atoms with van der Waals surface area (Å²) in [5.41, 5.74) is 1.07.